The molecule has 1 heterocycles. The number of hydrogen-bond acceptors (Lipinski definition) is 3. The second-order valence-corrected chi connectivity index (χ2v) is 5.60. The van der Waals surface area contributed by atoms with Gasteiger partial charge in [-0.15, -0.1) is 0 Å². The number of hydrogen-bond donors (Lipinski definition) is 2. The first kappa shape index (κ1) is 16.6. The number of anilines is 3. The summed E-state index contributed by atoms with van der Waals surface area (Å²) < 4.78 is 13.1. The van der Waals surface area contributed by atoms with Crippen LogP contribution in [0.25, 0.3) is 0 Å². The van der Waals surface area contributed by atoms with Gasteiger partial charge >= 0.3 is 0 Å². The Hall–Kier alpha value is -3.22. The number of carbonyl (C=O) groups excluding carboxylic acids is 3. The molecule has 2 aromatic carbocycles. The van der Waals surface area contributed by atoms with Crippen LogP contribution in [0.1, 0.15) is 12.8 Å². The number of fused-ring (bicyclic) bond motifs is 1. The highest BCUT2D eigenvalue weighted by Gasteiger charge is 2.26. The molecule has 3 rings (SSSR count). The molecule has 2 aromatic rings. The molecule has 1 aliphatic rings. The maximum absolute atomic E-state index is 13.1. The van der Waals surface area contributed by atoms with Crippen molar-refractivity contribution in [2.24, 2.45) is 0 Å². The number of benzene rings is 2. The summed E-state index contributed by atoms with van der Waals surface area (Å²) in [5.74, 6) is -1.45. The number of nitrogens with one attached hydrogen (secondary N) is 2. The first-order chi connectivity index (χ1) is 12.0. The molecule has 0 fully saturated rings. The smallest absolute Gasteiger partial charge is 0.244 e. The highest BCUT2D eigenvalue weighted by atomic mass is 19.1. The number of halogens is 1. The molecule has 0 radical (unpaired) electrons. The first-order valence-corrected chi connectivity index (χ1v) is 7.77. The number of rotatable bonds is 4. The zero-order valence-corrected chi connectivity index (χ0v) is 13.3. The molecule has 6 nitrogen and oxygen atoms in total. The Kier molecular flexibility index (Phi) is 4.74. The first-order valence-electron chi connectivity index (χ1n) is 7.77. The van der Waals surface area contributed by atoms with E-state index < -0.39 is 11.7 Å². The SMILES string of the molecule is O=C(CCC(=O)N1CC(=O)Nc2ccccc21)Nc1cccc(F)c1. The van der Waals surface area contributed by atoms with E-state index in [1.54, 1.807) is 30.3 Å². The normalized spacial score (nSPS) is 13.0. The molecule has 3 amide bonds. The van der Waals surface area contributed by atoms with E-state index in [0.29, 0.717) is 17.1 Å². The highest BCUT2D eigenvalue weighted by molar-refractivity contribution is 6.10. The molecule has 0 saturated carbocycles. The molecule has 0 unspecified atom stereocenters. The summed E-state index contributed by atoms with van der Waals surface area (Å²) in [5, 5.41) is 5.24. The van der Waals surface area contributed by atoms with Crippen molar-refractivity contribution in [3.8, 4) is 0 Å². The minimum Gasteiger partial charge on any atom is -0.326 e. The Balaban J connectivity index is 1.61. The minimum atomic E-state index is -0.454. The predicted octanol–water partition coefficient (Wildman–Crippen LogP) is 2.53. The average Bonchev–Trinajstić information content (AvgIpc) is 2.59. The summed E-state index contributed by atoms with van der Waals surface area (Å²) in [4.78, 5) is 37.5. The van der Waals surface area contributed by atoms with E-state index in [0.717, 1.165) is 0 Å². The van der Waals surface area contributed by atoms with Crippen LogP contribution >= 0.6 is 0 Å². The van der Waals surface area contributed by atoms with Crippen molar-refractivity contribution in [1.29, 1.82) is 0 Å². The molecule has 0 saturated heterocycles. The van der Waals surface area contributed by atoms with Crippen molar-refractivity contribution in [3.05, 3.63) is 54.3 Å². The molecule has 128 valence electrons. The van der Waals surface area contributed by atoms with Crippen LogP contribution in [-0.2, 0) is 14.4 Å². The Labute approximate surface area is 143 Å². The van der Waals surface area contributed by atoms with Crippen LogP contribution in [0.2, 0.25) is 0 Å². The molecule has 0 atom stereocenters. The van der Waals surface area contributed by atoms with Gasteiger partial charge < -0.3 is 15.5 Å². The van der Waals surface area contributed by atoms with Crippen LogP contribution in [0, 0.1) is 5.82 Å². The minimum absolute atomic E-state index is 0.0528. The van der Waals surface area contributed by atoms with E-state index in [4.69, 9.17) is 0 Å². The van der Waals surface area contributed by atoms with Crippen LogP contribution in [-0.4, -0.2) is 24.3 Å². The fourth-order valence-electron chi connectivity index (χ4n) is 2.60. The molecule has 1 aliphatic heterocycles. The van der Waals surface area contributed by atoms with Crippen LogP contribution < -0.4 is 15.5 Å². The number of para-hydroxylation sites is 2. The topological polar surface area (TPSA) is 78.5 Å². The van der Waals surface area contributed by atoms with Gasteiger partial charge in [-0.25, -0.2) is 4.39 Å². The van der Waals surface area contributed by atoms with Crippen LogP contribution in [0.5, 0.6) is 0 Å². The van der Waals surface area contributed by atoms with E-state index in [2.05, 4.69) is 10.6 Å². The lowest BCUT2D eigenvalue weighted by molar-refractivity contribution is -0.124. The van der Waals surface area contributed by atoms with Crippen LogP contribution in [0.4, 0.5) is 21.5 Å². The molecule has 0 spiro atoms. The Morgan fingerprint density at radius 3 is 2.72 bits per heavy atom. The van der Waals surface area contributed by atoms with Crippen LogP contribution in [0.15, 0.2) is 48.5 Å². The van der Waals surface area contributed by atoms with Crippen molar-refractivity contribution in [1.82, 2.24) is 0 Å². The maximum Gasteiger partial charge on any atom is 0.244 e. The van der Waals surface area contributed by atoms with E-state index in [9.17, 15) is 18.8 Å². The van der Waals surface area contributed by atoms with Gasteiger partial charge in [0, 0.05) is 18.5 Å². The van der Waals surface area contributed by atoms with Gasteiger partial charge in [0.2, 0.25) is 17.7 Å². The summed E-state index contributed by atoms with van der Waals surface area (Å²) in [5.41, 5.74) is 1.51. The second kappa shape index (κ2) is 7.12. The molecule has 0 aromatic heterocycles. The quantitative estimate of drug-likeness (QED) is 0.897. The summed E-state index contributed by atoms with van der Waals surface area (Å²) in [6.45, 7) is -0.0820. The van der Waals surface area contributed by atoms with Gasteiger partial charge in [0.05, 0.1) is 11.4 Å². The lowest BCUT2D eigenvalue weighted by atomic mass is 10.1. The molecular weight excluding hydrogens is 325 g/mol. The van der Waals surface area contributed by atoms with Gasteiger partial charge in [-0.1, -0.05) is 18.2 Å². The van der Waals surface area contributed by atoms with E-state index in [1.165, 1.54) is 23.1 Å². The summed E-state index contributed by atoms with van der Waals surface area (Å²) in [6.07, 6.45) is -0.113. The second-order valence-electron chi connectivity index (χ2n) is 5.60. The average molecular weight is 341 g/mol. The standard InChI is InChI=1S/C18H16FN3O3/c19-12-4-3-5-13(10-12)20-16(23)8-9-18(25)22-11-17(24)21-14-6-1-2-7-15(14)22/h1-7,10H,8-9,11H2,(H,20,23)(H,21,24). The van der Waals surface area contributed by atoms with Gasteiger partial charge in [-0.3, -0.25) is 14.4 Å². The van der Waals surface area contributed by atoms with Crippen molar-refractivity contribution < 1.29 is 18.8 Å². The fourth-order valence-corrected chi connectivity index (χ4v) is 2.60. The largest absolute Gasteiger partial charge is 0.326 e. The van der Waals surface area contributed by atoms with E-state index in [1.807, 2.05) is 0 Å². The number of amides is 3. The molecule has 0 aliphatic carbocycles. The van der Waals surface area contributed by atoms with Crippen molar-refractivity contribution >= 4 is 34.8 Å². The van der Waals surface area contributed by atoms with E-state index in [-0.39, 0.29) is 31.2 Å². The maximum atomic E-state index is 13.1. The molecule has 7 heteroatoms. The number of nitrogens with zero attached hydrogens (tertiary/aromatic N) is 1. The van der Waals surface area contributed by atoms with Gasteiger partial charge in [0.1, 0.15) is 12.4 Å². The molecule has 0 bridgehead atoms. The Morgan fingerprint density at radius 1 is 1.12 bits per heavy atom. The third kappa shape index (κ3) is 4.00. The van der Waals surface area contributed by atoms with Gasteiger partial charge in [0.25, 0.3) is 0 Å². The van der Waals surface area contributed by atoms with Crippen molar-refractivity contribution in [2.75, 3.05) is 22.1 Å². The lowest BCUT2D eigenvalue weighted by Gasteiger charge is -2.29. The van der Waals surface area contributed by atoms with Crippen molar-refractivity contribution in [2.45, 2.75) is 12.8 Å². The fraction of sp³-hybridized carbons (Fsp3) is 0.167. The van der Waals surface area contributed by atoms with Crippen molar-refractivity contribution in [3.63, 3.8) is 0 Å². The summed E-state index contributed by atoms with van der Waals surface area (Å²) in [7, 11) is 0. The van der Waals surface area contributed by atoms with Crippen LogP contribution in [0.3, 0.4) is 0 Å². The molecule has 25 heavy (non-hydrogen) atoms. The third-order valence-electron chi connectivity index (χ3n) is 3.75. The Morgan fingerprint density at radius 2 is 1.92 bits per heavy atom. The monoisotopic (exact) mass is 341 g/mol. The van der Waals surface area contributed by atoms with Gasteiger partial charge in [-0.2, -0.15) is 0 Å². The van der Waals surface area contributed by atoms with Gasteiger partial charge in [0.15, 0.2) is 0 Å². The zero-order chi connectivity index (χ0) is 17.8. The predicted molar refractivity (Wildman–Crippen MR) is 91.7 cm³/mol. The zero-order valence-electron chi connectivity index (χ0n) is 13.3. The molecular formula is C18H16FN3O3. The Bertz CT molecular complexity index is 838. The molecule has 2 N–H and O–H groups in total. The van der Waals surface area contributed by atoms with E-state index >= 15 is 0 Å². The lowest BCUT2D eigenvalue weighted by Crippen LogP contribution is -2.42. The summed E-state index contributed by atoms with van der Waals surface area (Å²) >= 11 is 0. The number of carbonyl (C=O) groups is 3. The third-order valence-corrected chi connectivity index (χ3v) is 3.75. The highest BCUT2D eigenvalue weighted by Crippen LogP contribution is 2.29. The van der Waals surface area contributed by atoms with Gasteiger partial charge in [-0.05, 0) is 30.3 Å². The summed E-state index contributed by atoms with van der Waals surface area (Å²) in [6, 6.07) is 12.5.